The predicted molar refractivity (Wildman–Crippen MR) is 148 cm³/mol. The molecule has 14 nitrogen and oxygen atoms in total. The van der Waals surface area contributed by atoms with Gasteiger partial charge >= 0.3 is 6.03 Å². The first-order chi connectivity index (χ1) is 19.5. The molecule has 0 saturated carbocycles. The number of hydrogen-bond donors (Lipinski definition) is 5. The van der Waals surface area contributed by atoms with Crippen LogP contribution in [0.2, 0.25) is 0 Å². The predicted octanol–water partition coefficient (Wildman–Crippen LogP) is -0.713. The van der Waals surface area contributed by atoms with Crippen molar-refractivity contribution >= 4 is 41.3 Å². The number of nitrogens with zero attached hydrogens (tertiary/aromatic N) is 2. The van der Waals surface area contributed by atoms with Gasteiger partial charge in [-0.2, -0.15) is 0 Å². The summed E-state index contributed by atoms with van der Waals surface area (Å²) in [5.41, 5.74) is 11.7. The van der Waals surface area contributed by atoms with Gasteiger partial charge in [0.1, 0.15) is 12.1 Å². The number of hydrogen-bond acceptors (Lipinski definition) is 8. The van der Waals surface area contributed by atoms with Crippen molar-refractivity contribution in [2.45, 2.75) is 51.8 Å². The fraction of sp³-hybridized carbons (Fsp3) is 0.481. The molecule has 0 spiro atoms. The summed E-state index contributed by atoms with van der Waals surface area (Å²) in [6, 6.07) is 3.47. The van der Waals surface area contributed by atoms with Gasteiger partial charge in [-0.1, -0.05) is 26.0 Å². The first-order valence-corrected chi connectivity index (χ1v) is 13.2. The van der Waals surface area contributed by atoms with Crippen molar-refractivity contribution in [1.82, 2.24) is 15.5 Å². The molecule has 1 heterocycles. The second-order valence-corrected chi connectivity index (χ2v) is 9.70. The molecule has 0 aromatic heterocycles. The van der Waals surface area contributed by atoms with E-state index in [0.29, 0.717) is 11.3 Å². The molecule has 0 bridgehead atoms. The molecule has 1 aromatic carbocycles. The van der Waals surface area contributed by atoms with Crippen LogP contribution in [-0.4, -0.2) is 84.0 Å². The molecule has 1 aliphatic heterocycles. The van der Waals surface area contributed by atoms with Gasteiger partial charge in [-0.05, 0) is 36.5 Å². The minimum atomic E-state index is -1.11. The third kappa shape index (κ3) is 9.99. The maximum Gasteiger partial charge on any atom is 0.312 e. The van der Waals surface area contributed by atoms with Crippen molar-refractivity contribution in [1.29, 1.82) is 0 Å². The van der Waals surface area contributed by atoms with Crippen LogP contribution >= 0.6 is 0 Å². The normalized spacial score (nSPS) is 14.2. The SMILES string of the molecule is CC(C)C(NC(=O)CCOCCN1C(=O)C=CC1=O)C(=O)N(c1ccc(CO)cc1)C(CCCNC(N)=O)C(N)=O. The molecule has 14 heteroatoms. The minimum absolute atomic E-state index is 0.0163. The second-order valence-electron chi connectivity index (χ2n) is 9.70. The van der Waals surface area contributed by atoms with Crippen LogP contribution in [-0.2, 0) is 35.3 Å². The lowest BCUT2D eigenvalue weighted by atomic mass is 9.99. The van der Waals surface area contributed by atoms with E-state index in [9.17, 15) is 33.9 Å². The molecule has 2 atom stereocenters. The Labute approximate surface area is 238 Å². The average molecular weight is 575 g/mol. The maximum absolute atomic E-state index is 13.9. The number of benzene rings is 1. The molecule has 2 rings (SSSR count). The van der Waals surface area contributed by atoms with Crippen LogP contribution in [0.5, 0.6) is 0 Å². The quantitative estimate of drug-likeness (QED) is 0.118. The van der Waals surface area contributed by atoms with E-state index in [1.54, 1.807) is 38.1 Å². The molecular weight excluding hydrogens is 536 g/mol. The molecule has 0 saturated heterocycles. The Hall–Kier alpha value is -4.30. The molecule has 7 N–H and O–H groups in total. The van der Waals surface area contributed by atoms with Gasteiger partial charge in [-0.3, -0.25) is 33.8 Å². The highest BCUT2D eigenvalue weighted by Crippen LogP contribution is 2.23. The van der Waals surface area contributed by atoms with E-state index in [4.69, 9.17) is 16.2 Å². The Morgan fingerprint density at radius 3 is 2.20 bits per heavy atom. The number of carbonyl (C=O) groups is 6. The van der Waals surface area contributed by atoms with E-state index in [1.165, 1.54) is 17.1 Å². The van der Waals surface area contributed by atoms with Crippen molar-refractivity contribution < 1.29 is 38.6 Å². The zero-order valence-electron chi connectivity index (χ0n) is 23.2. The fourth-order valence-electron chi connectivity index (χ4n) is 4.11. The Bertz CT molecular complexity index is 1120. The lowest BCUT2D eigenvalue weighted by molar-refractivity contribution is -0.138. The largest absolute Gasteiger partial charge is 0.392 e. The van der Waals surface area contributed by atoms with Gasteiger partial charge < -0.3 is 31.9 Å². The van der Waals surface area contributed by atoms with Crippen molar-refractivity contribution in [2.24, 2.45) is 17.4 Å². The van der Waals surface area contributed by atoms with Gasteiger partial charge in [-0.15, -0.1) is 0 Å². The second kappa shape index (κ2) is 16.1. The summed E-state index contributed by atoms with van der Waals surface area (Å²) in [6.07, 6.45) is 2.64. The number of aliphatic hydroxyl groups is 1. The smallest absolute Gasteiger partial charge is 0.312 e. The Morgan fingerprint density at radius 1 is 1.02 bits per heavy atom. The number of aliphatic hydroxyl groups excluding tert-OH is 1. The number of urea groups is 1. The third-order valence-electron chi connectivity index (χ3n) is 6.31. The number of nitrogens with two attached hydrogens (primary N) is 2. The standard InChI is InChI=1S/C27H38N6O8/c1-17(2)24(31-21(35)11-14-41-15-13-32-22(36)9-10-23(32)37)26(39)33(19-7-5-18(16-34)6-8-19)20(25(28)38)4-3-12-30-27(29)40/h5-10,17,20,24,34H,3-4,11-16H2,1-2H3,(H2,28,38)(H,31,35)(H3,29,30,40). The van der Waals surface area contributed by atoms with Crippen LogP contribution in [0.25, 0.3) is 0 Å². The lowest BCUT2D eigenvalue weighted by Gasteiger charge is -2.34. The number of carbonyl (C=O) groups excluding carboxylic acids is 6. The highest BCUT2D eigenvalue weighted by Gasteiger charge is 2.36. The van der Waals surface area contributed by atoms with Crippen molar-refractivity contribution in [2.75, 3.05) is 31.2 Å². The molecule has 1 aliphatic rings. The number of primary amides is 2. The molecular formula is C27H38N6O8. The van der Waals surface area contributed by atoms with Crippen LogP contribution in [0, 0.1) is 5.92 Å². The molecule has 41 heavy (non-hydrogen) atoms. The number of anilines is 1. The zero-order valence-corrected chi connectivity index (χ0v) is 23.2. The highest BCUT2D eigenvalue weighted by molar-refractivity contribution is 6.12. The van der Waals surface area contributed by atoms with Gasteiger partial charge in [-0.25, -0.2) is 4.79 Å². The Balaban J connectivity index is 2.11. The Kier molecular flexibility index (Phi) is 12.9. The van der Waals surface area contributed by atoms with Crippen LogP contribution in [0.4, 0.5) is 10.5 Å². The molecule has 224 valence electrons. The highest BCUT2D eigenvalue weighted by atomic mass is 16.5. The van der Waals surface area contributed by atoms with Gasteiger partial charge in [0.05, 0.1) is 26.4 Å². The zero-order chi connectivity index (χ0) is 30.5. The first-order valence-electron chi connectivity index (χ1n) is 13.2. The third-order valence-corrected chi connectivity index (χ3v) is 6.31. The monoisotopic (exact) mass is 574 g/mol. The molecule has 0 fully saturated rings. The summed E-state index contributed by atoms with van der Waals surface area (Å²) >= 11 is 0. The van der Waals surface area contributed by atoms with Crippen LogP contribution in [0.1, 0.15) is 38.7 Å². The van der Waals surface area contributed by atoms with Crippen molar-refractivity contribution in [3.05, 3.63) is 42.0 Å². The van der Waals surface area contributed by atoms with E-state index >= 15 is 0 Å². The number of nitrogens with one attached hydrogen (secondary N) is 2. The van der Waals surface area contributed by atoms with Gasteiger partial charge in [0.2, 0.25) is 11.8 Å². The van der Waals surface area contributed by atoms with E-state index in [2.05, 4.69) is 10.6 Å². The van der Waals surface area contributed by atoms with Crippen LogP contribution in [0.3, 0.4) is 0 Å². The Morgan fingerprint density at radius 2 is 1.66 bits per heavy atom. The first kappa shape index (κ1) is 32.9. The number of amides is 7. The topological polar surface area (TPSA) is 214 Å². The van der Waals surface area contributed by atoms with E-state index in [-0.39, 0.29) is 58.1 Å². The number of imide groups is 1. The molecule has 7 amide bonds. The molecule has 0 aliphatic carbocycles. The van der Waals surface area contributed by atoms with Crippen molar-refractivity contribution in [3.63, 3.8) is 0 Å². The molecule has 0 radical (unpaired) electrons. The summed E-state index contributed by atoms with van der Waals surface area (Å²) in [7, 11) is 0. The maximum atomic E-state index is 13.9. The summed E-state index contributed by atoms with van der Waals surface area (Å²) < 4.78 is 5.39. The van der Waals surface area contributed by atoms with Gasteiger partial charge in [0.25, 0.3) is 17.7 Å². The number of rotatable bonds is 17. The lowest BCUT2D eigenvalue weighted by Crippen LogP contribution is -2.57. The van der Waals surface area contributed by atoms with Crippen LogP contribution in [0.15, 0.2) is 36.4 Å². The molecule has 1 aromatic rings. The summed E-state index contributed by atoms with van der Waals surface area (Å²) in [4.78, 5) is 75.6. The van der Waals surface area contributed by atoms with Crippen molar-refractivity contribution in [3.8, 4) is 0 Å². The van der Waals surface area contributed by atoms with E-state index in [1.807, 2.05) is 0 Å². The summed E-state index contributed by atoms with van der Waals surface area (Å²) in [5.74, 6) is -3.07. The van der Waals surface area contributed by atoms with E-state index < -0.39 is 47.7 Å². The average Bonchev–Trinajstić information content (AvgIpc) is 3.24. The minimum Gasteiger partial charge on any atom is -0.392 e. The fourth-order valence-corrected chi connectivity index (χ4v) is 4.11. The summed E-state index contributed by atoms with van der Waals surface area (Å²) in [5, 5.41) is 14.5. The van der Waals surface area contributed by atoms with Crippen LogP contribution < -0.4 is 27.0 Å². The van der Waals surface area contributed by atoms with Gasteiger partial charge in [0, 0.05) is 30.8 Å². The van der Waals surface area contributed by atoms with E-state index in [0.717, 1.165) is 4.90 Å². The molecule has 2 unspecified atom stereocenters. The van der Waals surface area contributed by atoms with Gasteiger partial charge in [0.15, 0.2) is 0 Å². The number of ether oxygens (including phenoxy) is 1. The summed E-state index contributed by atoms with van der Waals surface area (Å²) in [6.45, 7) is 3.49.